The summed E-state index contributed by atoms with van der Waals surface area (Å²) in [6.45, 7) is 0.252. The molecule has 0 amide bonds. The summed E-state index contributed by atoms with van der Waals surface area (Å²) in [5.41, 5.74) is 1.25. The molecule has 0 saturated carbocycles. The molecule has 0 spiro atoms. The van der Waals surface area contributed by atoms with Gasteiger partial charge in [0.15, 0.2) is 11.6 Å². The van der Waals surface area contributed by atoms with E-state index in [4.69, 9.17) is 0 Å². The highest BCUT2D eigenvalue weighted by Crippen LogP contribution is 2.18. The number of aliphatic hydroxyl groups excluding tert-OH is 1. The average molecular weight is 255 g/mol. The number of benzene rings is 1. The highest BCUT2D eigenvalue weighted by atomic mass is 32.1. The predicted molar refractivity (Wildman–Crippen MR) is 64.1 cm³/mol. The van der Waals surface area contributed by atoms with Crippen LogP contribution in [0.15, 0.2) is 35.0 Å². The number of nitrogens with one attached hydrogen (secondary N) is 1. The van der Waals surface area contributed by atoms with Gasteiger partial charge in [0.05, 0.1) is 6.10 Å². The van der Waals surface area contributed by atoms with Crippen molar-refractivity contribution in [1.29, 1.82) is 0 Å². The fourth-order valence-corrected chi connectivity index (χ4v) is 2.03. The summed E-state index contributed by atoms with van der Waals surface area (Å²) in [4.78, 5) is 0. The van der Waals surface area contributed by atoms with Crippen LogP contribution in [-0.4, -0.2) is 11.7 Å². The summed E-state index contributed by atoms with van der Waals surface area (Å²) in [5, 5.41) is 16.6. The molecule has 5 heteroatoms. The van der Waals surface area contributed by atoms with Crippen LogP contribution >= 0.6 is 11.3 Å². The molecule has 0 aliphatic heterocycles. The van der Waals surface area contributed by atoms with Gasteiger partial charge in [0.25, 0.3) is 0 Å². The molecule has 1 atom stereocenters. The second-order valence-corrected chi connectivity index (χ2v) is 4.36. The van der Waals surface area contributed by atoms with E-state index in [-0.39, 0.29) is 6.54 Å². The Morgan fingerprint density at radius 3 is 2.71 bits per heavy atom. The lowest BCUT2D eigenvalue weighted by atomic mass is 10.1. The zero-order valence-electron chi connectivity index (χ0n) is 8.86. The number of rotatable bonds is 4. The molecule has 2 aromatic rings. The van der Waals surface area contributed by atoms with E-state index in [0.717, 1.165) is 17.8 Å². The third-order valence-corrected chi connectivity index (χ3v) is 3.03. The van der Waals surface area contributed by atoms with Crippen molar-refractivity contribution in [2.75, 3.05) is 11.9 Å². The van der Waals surface area contributed by atoms with Crippen molar-refractivity contribution in [2.24, 2.45) is 0 Å². The van der Waals surface area contributed by atoms with E-state index in [1.54, 1.807) is 0 Å². The molecule has 2 rings (SSSR count). The molecule has 0 fully saturated rings. The van der Waals surface area contributed by atoms with E-state index in [9.17, 15) is 13.9 Å². The molecule has 0 bridgehead atoms. The van der Waals surface area contributed by atoms with Crippen molar-refractivity contribution in [2.45, 2.75) is 6.10 Å². The van der Waals surface area contributed by atoms with Crippen LogP contribution in [-0.2, 0) is 0 Å². The Bertz CT molecular complexity index is 487. The minimum atomic E-state index is -0.947. The van der Waals surface area contributed by atoms with Gasteiger partial charge in [-0.2, -0.15) is 11.3 Å². The fourth-order valence-electron chi connectivity index (χ4n) is 1.42. The third kappa shape index (κ3) is 3.01. The number of hydrogen-bond donors (Lipinski definition) is 2. The normalized spacial score (nSPS) is 12.4. The maximum absolute atomic E-state index is 12.9. The maximum Gasteiger partial charge on any atom is 0.159 e. The van der Waals surface area contributed by atoms with Gasteiger partial charge in [-0.25, -0.2) is 8.78 Å². The van der Waals surface area contributed by atoms with E-state index in [2.05, 4.69) is 5.32 Å². The highest BCUT2D eigenvalue weighted by Gasteiger charge is 2.10. The van der Waals surface area contributed by atoms with Crippen molar-refractivity contribution in [3.63, 3.8) is 0 Å². The molecule has 1 heterocycles. The predicted octanol–water partition coefficient (Wildman–Crippen LogP) is 3.17. The standard InChI is InChI=1S/C12H11F2NOS/c13-10-2-1-8(5-11(10)14)12(16)6-15-9-3-4-17-7-9/h1-5,7,12,15-16H,6H2. The second-order valence-electron chi connectivity index (χ2n) is 3.58. The zero-order chi connectivity index (χ0) is 12.3. The minimum absolute atomic E-state index is 0.252. The van der Waals surface area contributed by atoms with Crippen LogP contribution in [0.5, 0.6) is 0 Å². The molecule has 0 saturated heterocycles. The van der Waals surface area contributed by atoms with Crippen molar-refractivity contribution in [3.05, 3.63) is 52.2 Å². The number of hydrogen-bond acceptors (Lipinski definition) is 3. The van der Waals surface area contributed by atoms with Gasteiger partial charge < -0.3 is 10.4 Å². The Morgan fingerprint density at radius 2 is 2.06 bits per heavy atom. The lowest BCUT2D eigenvalue weighted by Gasteiger charge is -2.12. The van der Waals surface area contributed by atoms with E-state index in [0.29, 0.717) is 5.56 Å². The monoisotopic (exact) mass is 255 g/mol. The van der Waals surface area contributed by atoms with E-state index < -0.39 is 17.7 Å². The van der Waals surface area contributed by atoms with E-state index in [1.165, 1.54) is 17.4 Å². The molecule has 2 N–H and O–H groups in total. The lowest BCUT2D eigenvalue weighted by molar-refractivity contribution is 0.191. The van der Waals surface area contributed by atoms with Crippen molar-refractivity contribution in [1.82, 2.24) is 0 Å². The largest absolute Gasteiger partial charge is 0.387 e. The number of aliphatic hydroxyl groups is 1. The number of anilines is 1. The third-order valence-electron chi connectivity index (χ3n) is 2.35. The van der Waals surface area contributed by atoms with Crippen LogP contribution in [0.25, 0.3) is 0 Å². The summed E-state index contributed by atoms with van der Waals surface area (Å²) in [7, 11) is 0. The molecular formula is C12H11F2NOS. The number of thiophene rings is 1. The van der Waals surface area contributed by atoms with Gasteiger partial charge in [-0.05, 0) is 29.1 Å². The quantitative estimate of drug-likeness (QED) is 0.879. The van der Waals surface area contributed by atoms with E-state index >= 15 is 0 Å². The molecule has 1 unspecified atom stereocenters. The molecule has 17 heavy (non-hydrogen) atoms. The highest BCUT2D eigenvalue weighted by molar-refractivity contribution is 7.08. The SMILES string of the molecule is OC(CNc1ccsc1)c1ccc(F)c(F)c1. The van der Waals surface area contributed by atoms with Gasteiger partial charge in [0.1, 0.15) is 0 Å². The van der Waals surface area contributed by atoms with Crippen molar-refractivity contribution < 1.29 is 13.9 Å². The molecule has 90 valence electrons. The lowest BCUT2D eigenvalue weighted by Crippen LogP contribution is -2.12. The Labute approximate surface area is 102 Å². The minimum Gasteiger partial charge on any atom is -0.387 e. The maximum atomic E-state index is 12.9. The first kappa shape index (κ1) is 12.0. The van der Waals surface area contributed by atoms with Gasteiger partial charge in [0.2, 0.25) is 0 Å². The van der Waals surface area contributed by atoms with Gasteiger partial charge >= 0.3 is 0 Å². The van der Waals surface area contributed by atoms with E-state index in [1.807, 2.05) is 16.8 Å². The molecule has 1 aromatic heterocycles. The Balaban J connectivity index is 1.99. The van der Waals surface area contributed by atoms with Crippen LogP contribution in [0.2, 0.25) is 0 Å². The Morgan fingerprint density at radius 1 is 1.24 bits per heavy atom. The Hall–Kier alpha value is -1.46. The van der Waals surface area contributed by atoms with Crippen LogP contribution in [0.3, 0.4) is 0 Å². The second kappa shape index (κ2) is 5.25. The zero-order valence-corrected chi connectivity index (χ0v) is 9.68. The molecule has 1 aromatic carbocycles. The van der Waals surface area contributed by atoms with Crippen molar-refractivity contribution in [3.8, 4) is 0 Å². The fraction of sp³-hybridized carbons (Fsp3) is 0.167. The summed E-state index contributed by atoms with van der Waals surface area (Å²) in [5.74, 6) is -1.86. The first-order chi connectivity index (χ1) is 8.16. The molecule has 2 nitrogen and oxygen atoms in total. The smallest absolute Gasteiger partial charge is 0.159 e. The van der Waals surface area contributed by atoms with Crippen LogP contribution in [0.4, 0.5) is 14.5 Å². The first-order valence-corrected chi connectivity index (χ1v) is 6.00. The van der Waals surface area contributed by atoms with Gasteiger partial charge in [-0.3, -0.25) is 0 Å². The summed E-state index contributed by atoms with van der Waals surface area (Å²) in [6, 6.07) is 5.27. The molecule has 0 aliphatic carbocycles. The van der Waals surface area contributed by atoms with Gasteiger partial charge in [0, 0.05) is 17.6 Å². The van der Waals surface area contributed by atoms with Gasteiger partial charge in [-0.15, -0.1) is 0 Å². The summed E-state index contributed by atoms with van der Waals surface area (Å²) < 4.78 is 25.6. The van der Waals surface area contributed by atoms with Crippen LogP contribution in [0, 0.1) is 11.6 Å². The molecule has 0 aliphatic rings. The topological polar surface area (TPSA) is 32.3 Å². The van der Waals surface area contributed by atoms with Gasteiger partial charge in [-0.1, -0.05) is 6.07 Å². The molecular weight excluding hydrogens is 244 g/mol. The van der Waals surface area contributed by atoms with Crippen molar-refractivity contribution >= 4 is 17.0 Å². The number of halogens is 2. The average Bonchev–Trinajstić information content (AvgIpc) is 2.82. The summed E-state index contributed by atoms with van der Waals surface area (Å²) >= 11 is 1.54. The Kier molecular flexibility index (Phi) is 3.71. The van der Waals surface area contributed by atoms with Crippen LogP contribution in [0.1, 0.15) is 11.7 Å². The first-order valence-electron chi connectivity index (χ1n) is 5.06. The van der Waals surface area contributed by atoms with Crippen LogP contribution < -0.4 is 5.32 Å². The summed E-state index contributed by atoms with van der Waals surface area (Å²) in [6.07, 6.45) is -0.870. The molecule has 0 radical (unpaired) electrons.